The largest absolute Gasteiger partial charge is 0.479 e. The van der Waals surface area contributed by atoms with E-state index in [0.717, 1.165) is 13.1 Å². The van der Waals surface area contributed by atoms with Gasteiger partial charge in [-0.3, -0.25) is 0 Å². The third kappa shape index (κ3) is 11.8. The highest BCUT2D eigenvalue weighted by Gasteiger charge is 2.29. The average Bonchev–Trinajstić information content (AvgIpc) is 2.70. The first kappa shape index (κ1) is 25.2. The van der Waals surface area contributed by atoms with E-state index in [4.69, 9.17) is 20.4 Å². The summed E-state index contributed by atoms with van der Waals surface area (Å²) in [4.78, 5) is 19.5. The van der Waals surface area contributed by atoms with E-state index >= 15 is 0 Å². The number of carboxylic acids is 2. The molecular weight excluding hydrogens is 364 g/mol. The molecule has 0 heterocycles. The molecule has 0 radical (unpaired) electrons. The molecule has 0 bridgehead atoms. The van der Waals surface area contributed by atoms with Crippen molar-refractivity contribution >= 4 is 11.9 Å². The Morgan fingerprint density at radius 1 is 0.714 bits per heavy atom. The van der Waals surface area contributed by atoms with Crippen LogP contribution in [0.3, 0.4) is 0 Å². The third-order valence-electron chi connectivity index (χ3n) is 3.25. The number of aliphatic carboxylic acids is 2. The molecule has 0 saturated carbocycles. The second-order valence-corrected chi connectivity index (χ2v) is 5.60. The van der Waals surface area contributed by atoms with Gasteiger partial charge in [0, 0.05) is 13.1 Å². The van der Waals surface area contributed by atoms with E-state index in [1.54, 1.807) is 0 Å². The van der Waals surface area contributed by atoms with Crippen LogP contribution in [-0.2, 0) is 22.7 Å². The Morgan fingerprint density at radius 2 is 1.00 bits per heavy atom. The summed E-state index contributed by atoms with van der Waals surface area (Å²) in [5.74, 6) is -3.54. The number of hydrogen-bond acceptors (Lipinski definition) is 6. The Hall–Kier alpha value is -2.78. The summed E-state index contributed by atoms with van der Waals surface area (Å²) < 4.78 is 0. The smallest absolute Gasteiger partial charge is 0.335 e. The maximum atomic E-state index is 9.77. The number of hydrogen-bond donors (Lipinski definition) is 6. The van der Waals surface area contributed by atoms with Crippen molar-refractivity contribution in [1.29, 1.82) is 0 Å². The maximum Gasteiger partial charge on any atom is 0.335 e. The van der Waals surface area contributed by atoms with E-state index in [-0.39, 0.29) is 0 Å². The summed E-state index contributed by atoms with van der Waals surface area (Å²) >= 11 is 0. The minimum Gasteiger partial charge on any atom is -0.479 e. The van der Waals surface area contributed by atoms with Gasteiger partial charge in [0.05, 0.1) is 0 Å². The van der Waals surface area contributed by atoms with Gasteiger partial charge in [-0.05, 0) is 25.2 Å². The molecule has 0 spiro atoms. The third-order valence-corrected chi connectivity index (χ3v) is 3.25. The highest BCUT2D eigenvalue weighted by Crippen LogP contribution is 1.96. The Bertz CT molecular complexity index is 607. The Morgan fingerprint density at radius 3 is 1.21 bits per heavy atom. The molecule has 2 atom stereocenters. The number of nitrogens with one attached hydrogen (secondary N) is 2. The molecule has 28 heavy (non-hydrogen) atoms. The number of aliphatic hydroxyl groups is 2. The Kier molecular flexibility index (Phi) is 13.8. The minimum absolute atomic E-state index is 0.959. The van der Waals surface area contributed by atoms with Crippen molar-refractivity contribution in [1.82, 2.24) is 10.6 Å². The van der Waals surface area contributed by atoms with Gasteiger partial charge >= 0.3 is 11.9 Å². The molecule has 0 aliphatic rings. The fraction of sp³-hybridized carbons (Fsp3) is 0.300. The van der Waals surface area contributed by atoms with Crippen molar-refractivity contribution in [2.45, 2.75) is 25.3 Å². The maximum absolute atomic E-state index is 9.77. The highest BCUT2D eigenvalue weighted by atomic mass is 16.4. The van der Waals surface area contributed by atoms with Crippen LogP contribution >= 0.6 is 0 Å². The van der Waals surface area contributed by atoms with Crippen molar-refractivity contribution in [2.24, 2.45) is 0 Å². The SMILES string of the molecule is CNCc1ccccc1.CNCc1ccccc1.O=C(O)C(O)C(O)C(=O)O. The standard InChI is InChI=1S/2C8H11N.C4H6O6/c2*1-9-7-8-5-3-2-4-6-8;5-1(3(7)8)2(6)4(9)10/h2*2-6,9H,7H2,1H3;1-2,5-6H,(H,7,8)(H,9,10). The molecule has 6 N–H and O–H groups in total. The van der Waals surface area contributed by atoms with Gasteiger partial charge in [-0.1, -0.05) is 60.7 Å². The number of benzene rings is 2. The lowest BCUT2D eigenvalue weighted by Gasteiger charge is -2.07. The summed E-state index contributed by atoms with van der Waals surface area (Å²) in [7, 11) is 3.90. The van der Waals surface area contributed by atoms with Crippen LogP contribution in [0.1, 0.15) is 11.1 Å². The molecule has 2 aromatic carbocycles. The van der Waals surface area contributed by atoms with Crippen LogP contribution in [-0.4, -0.2) is 58.7 Å². The number of carbonyl (C=O) groups is 2. The minimum atomic E-state index is -2.27. The summed E-state index contributed by atoms with van der Waals surface area (Å²) in [6.45, 7) is 1.92. The zero-order valence-electron chi connectivity index (χ0n) is 15.9. The first-order valence-corrected chi connectivity index (χ1v) is 8.52. The van der Waals surface area contributed by atoms with Crippen LogP contribution in [0.5, 0.6) is 0 Å². The highest BCUT2D eigenvalue weighted by molar-refractivity contribution is 5.83. The predicted octanol–water partition coefficient (Wildman–Crippen LogP) is 0.689. The zero-order chi connectivity index (χ0) is 21.4. The fourth-order valence-corrected chi connectivity index (χ4v) is 1.87. The van der Waals surface area contributed by atoms with Crippen molar-refractivity contribution in [3.05, 3.63) is 71.8 Å². The van der Waals surface area contributed by atoms with Gasteiger partial charge in [-0.2, -0.15) is 0 Å². The zero-order valence-corrected chi connectivity index (χ0v) is 15.9. The average molecular weight is 392 g/mol. The molecule has 154 valence electrons. The molecule has 2 unspecified atom stereocenters. The monoisotopic (exact) mass is 392 g/mol. The summed E-state index contributed by atoms with van der Waals surface area (Å²) in [6.07, 6.45) is -4.53. The molecule has 0 aromatic heterocycles. The topological polar surface area (TPSA) is 139 Å². The Balaban J connectivity index is 0.000000391. The van der Waals surface area contributed by atoms with E-state index in [0.29, 0.717) is 0 Å². The molecule has 2 rings (SSSR count). The fourth-order valence-electron chi connectivity index (χ4n) is 1.87. The second kappa shape index (κ2) is 15.3. The first-order valence-electron chi connectivity index (χ1n) is 8.52. The second-order valence-electron chi connectivity index (χ2n) is 5.60. The van der Waals surface area contributed by atoms with Crippen molar-refractivity contribution in [3.63, 3.8) is 0 Å². The quantitative estimate of drug-likeness (QED) is 0.405. The lowest BCUT2D eigenvalue weighted by molar-refractivity contribution is -0.165. The molecule has 0 fully saturated rings. The molecule has 8 heteroatoms. The van der Waals surface area contributed by atoms with Crippen LogP contribution in [0.4, 0.5) is 0 Å². The molecule has 0 saturated heterocycles. The van der Waals surface area contributed by atoms with Gasteiger partial charge in [0.15, 0.2) is 12.2 Å². The molecule has 0 amide bonds. The van der Waals surface area contributed by atoms with Gasteiger partial charge in [0.1, 0.15) is 0 Å². The van der Waals surface area contributed by atoms with E-state index in [9.17, 15) is 9.59 Å². The number of aliphatic hydroxyl groups excluding tert-OH is 2. The molecule has 2 aromatic rings. The van der Waals surface area contributed by atoms with E-state index < -0.39 is 24.1 Å². The van der Waals surface area contributed by atoms with E-state index in [1.807, 2.05) is 50.5 Å². The van der Waals surface area contributed by atoms with E-state index in [1.165, 1.54) is 11.1 Å². The van der Waals surface area contributed by atoms with Crippen LogP contribution in [0.2, 0.25) is 0 Å². The van der Waals surface area contributed by atoms with Gasteiger partial charge in [-0.25, -0.2) is 9.59 Å². The molecule has 0 aliphatic heterocycles. The van der Waals surface area contributed by atoms with Crippen LogP contribution in [0.25, 0.3) is 0 Å². The first-order chi connectivity index (χ1) is 13.3. The van der Waals surface area contributed by atoms with Gasteiger partial charge < -0.3 is 31.1 Å². The van der Waals surface area contributed by atoms with Crippen LogP contribution in [0.15, 0.2) is 60.7 Å². The van der Waals surface area contributed by atoms with Crippen LogP contribution in [0, 0.1) is 0 Å². The van der Waals surface area contributed by atoms with E-state index in [2.05, 4.69) is 34.9 Å². The van der Waals surface area contributed by atoms with Crippen molar-refractivity contribution < 1.29 is 30.0 Å². The van der Waals surface area contributed by atoms with Gasteiger partial charge in [-0.15, -0.1) is 0 Å². The lowest BCUT2D eigenvalue weighted by atomic mass is 10.2. The van der Waals surface area contributed by atoms with Gasteiger partial charge in [0.2, 0.25) is 0 Å². The van der Waals surface area contributed by atoms with Crippen LogP contribution < -0.4 is 10.6 Å². The summed E-state index contributed by atoms with van der Waals surface area (Å²) in [5, 5.41) is 38.7. The van der Waals surface area contributed by atoms with Crippen molar-refractivity contribution in [3.8, 4) is 0 Å². The Labute approximate surface area is 164 Å². The summed E-state index contributed by atoms with van der Waals surface area (Å²) in [6, 6.07) is 20.7. The summed E-state index contributed by atoms with van der Waals surface area (Å²) in [5.41, 5.74) is 2.67. The predicted molar refractivity (Wildman–Crippen MR) is 106 cm³/mol. The number of carboxylic acid groups (broad SMARTS) is 2. The van der Waals surface area contributed by atoms with Gasteiger partial charge in [0.25, 0.3) is 0 Å². The molecule has 8 nitrogen and oxygen atoms in total. The normalized spacial score (nSPS) is 11.7. The number of rotatable bonds is 7. The lowest BCUT2D eigenvalue weighted by Crippen LogP contribution is -2.39. The molecule has 0 aliphatic carbocycles. The molecular formula is C20H28N2O6. The van der Waals surface area contributed by atoms with Crippen molar-refractivity contribution in [2.75, 3.05) is 14.1 Å².